The molecule has 0 radical (unpaired) electrons. The topological polar surface area (TPSA) is 134 Å². The van der Waals surface area contributed by atoms with E-state index in [2.05, 4.69) is 10.2 Å². The Bertz CT molecular complexity index is 751. The van der Waals surface area contributed by atoms with Crippen LogP contribution in [0.4, 0.5) is 0 Å². The van der Waals surface area contributed by atoms with Crippen LogP contribution in [0.3, 0.4) is 0 Å². The maximum absolute atomic E-state index is 13.6. The second-order valence-electron chi connectivity index (χ2n) is 7.56. The van der Waals surface area contributed by atoms with Crippen LogP contribution in [0, 0.1) is 5.92 Å². The smallest absolute Gasteiger partial charge is 0.392 e. The van der Waals surface area contributed by atoms with Gasteiger partial charge in [0.05, 0.1) is 12.7 Å². The molecule has 1 rings (SSSR count). The zero-order valence-electron chi connectivity index (χ0n) is 17.6. The quantitative estimate of drug-likeness (QED) is 0.309. The minimum absolute atomic E-state index is 0.170. The third kappa shape index (κ3) is 7.12. The second kappa shape index (κ2) is 10.2. The van der Waals surface area contributed by atoms with Gasteiger partial charge in [0.15, 0.2) is 0 Å². The maximum Gasteiger partial charge on any atom is 0.392 e. The van der Waals surface area contributed by atoms with Crippen molar-refractivity contribution in [2.45, 2.75) is 65.8 Å². The average Bonchev–Trinajstić information content (AvgIpc) is 2.60. The number of aliphatic hydroxyl groups excluding tert-OH is 1. The first kappa shape index (κ1) is 25.1. The summed E-state index contributed by atoms with van der Waals surface area (Å²) in [6, 6.07) is 5.11. The van der Waals surface area contributed by atoms with E-state index in [-0.39, 0.29) is 18.5 Å². The van der Waals surface area contributed by atoms with E-state index in [0.717, 1.165) is 0 Å². The first-order valence-corrected chi connectivity index (χ1v) is 11.0. The Morgan fingerprint density at radius 3 is 2.10 bits per heavy atom. The fourth-order valence-electron chi connectivity index (χ4n) is 2.26. The summed E-state index contributed by atoms with van der Waals surface area (Å²) in [4.78, 5) is 24.0. The standard InChI is InChI=1S/C19H31N2O7P/c1-12(2)19(6,18(24)25)21-29(26,20-14(5)17(23)27-13(3)4)28-16-9-7-15(11-22)8-10-16/h7-10,12-14,22H,11H2,1-6H3,(H,24,25)(H2,20,21,26)/t14-,19?,29?/m0/s1. The summed E-state index contributed by atoms with van der Waals surface area (Å²) in [7, 11) is -4.09. The molecule has 164 valence electrons. The zero-order valence-corrected chi connectivity index (χ0v) is 18.5. The van der Waals surface area contributed by atoms with Crippen LogP contribution in [0.15, 0.2) is 24.3 Å². The predicted molar refractivity (Wildman–Crippen MR) is 108 cm³/mol. The molecule has 2 unspecified atom stereocenters. The number of aliphatic carboxylic acids is 1. The number of carbonyl (C=O) groups is 2. The summed E-state index contributed by atoms with van der Waals surface area (Å²) in [5.74, 6) is -2.14. The van der Waals surface area contributed by atoms with E-state index in [1.165, 1.54) is 26.0 Å². The fourth-order valence-corrected chi connectivity index (χ4v) is 4.42. The van der Waals surface area contributed by atoms with Crippen molar-refractivity contribution in [3.05, 3.63) is 29.8 Å². The third-order valence-corrected chi connectivity index (χ3v) is 6.34. The Kier molecular flexibility index (Phi) is 8.84. The van der Waals surface area contributed by atoms with E-state index in [1.807, 2.05) is 0 Å². The van der Waals surface area contributed by atoms with Gasteiger partial charge in [-0.1, -0.05) is 26.0 Å². The zero-order chi connectivity index (χ0) is 22.4. The molecule has 1 aromatic carbocycles. The van der Waals surface area contributed by atoms with E-state index >= 15 is 0 Å². The number of carboxylic acids is 1. The van der Waals surface area contributed by atoms with Crippen LogP contribution < -0.4 is 14.7 Å². The van der Waals surface area contributed by atoms with Crippen molar-refractivity contribution in [2.75, 3.05) is 0 Å². The number of benzene rings is 1. The summed E-state index contributed by atoms with van der Waals surface area (Å²) in [6.07, 6.45) is -0.369. The molecule has 9 nitrogen and oxygen atoms in total. The molecule has 0 bridgehead atoms. The molecule has 0 aliphatic carbocycles. The van der Waals surface area contributed by atoms with Gasteiger partial charge in [-0.25, -0.2) is 14.7 Å². The lowest BCUT2D eigenvalue weighted by atomic mass is 9.90. The van der Waals surface area contributed by atoms with Gasteiger partial charge in [-0.15, -0.1) is 0 Å². The fraction of sp³-hybridized carbons (Fsp3) is 0.579. The SMILES string of the molecule is CC(C)OC(=O)[C@H](C)NP(=O)(NC(C)(C(=O)O)C(C)C)Oc1ccc(CO)cc1. The number of esters is 1. The Hall–Kier alpha value is -1.93. The lowest BCUT2D eigenvalue weighted by molar-refractivity contribution is -0.149. The normalized spacial score (nSPS) is 16.7. The van der Waals surface area contributed by atoms with Crippen LogP contribution in [0.1, 0.15) is 47.1 Å². The Morgan fingerprint density at radius 2 is 1.69 bits per heavy atom. The summed E-state index contributed by atoms with van der Waals surface area (Å²) < 4.78 is 24.3. The minimum Gasteiger partial charge on any atom is -0.480 e. The molecule has 0 saturated heterocycles. The van der Waals surface area contributed by atoms with Gasteiger partial charge in [-0.2, -0.15) is 0 Å². The highest BCUT2D eigenvalue weighted by atomic mass is 31.2. The lowest BCUT2D eigenvalue weighted by Crippen LogP contribution is -2.55. The van der Waals surface area contributed by atoms with Gasteiger partial charge in [0.1, 0.15) is 17.3 Å². The van der Waals surface area contributed by atoms with E-state index in [9.17, 15) is 19.3 Å². The van der Waals surface area contributed by atoms with Crippen molar-refractivity contribution in [1.29, 1.82) is 0 Å². The highest BCUT2D eigenvalue weighted by Gasteiger charge is 2.45. The van der Waals surface area contributed by atoms with E-state index in [0.29, 0.717) is 5.56 Å². The summed E-state index contributed by atoms with van der Waals surface area (Å²) in [6.45, 7) is 9.37. The van der Waals surface area contributed by atoms with Gasteiger partial charge < -0.3 is 19.5 Å². The van der Waals surface area contributed by atoms with E-state index < -0.39 is 37.1 Å². The third-order valence-electron chi connectivity index (χ3n) is 4.39. The van der Waals surface area contributed by atoms with Crippen LogP contribution in [0.2, 0.25) is 0 Å². The first-order chi connectivity index (χ1) is 13.3. The van der Waals surface area contributed by atoms with Gasteiger partial charge in [0.25, 0.3) is 0 Å². The molecule has 0 amide bonds. The Balaban J connectivity index is 3.22. The van der Waals surface area contributed by atoms with Gasteiger partial charge in [-0.3, -0.25) is 9.59 Å². The molecular weight excluding hydrogens is 399 g/mol. The highest BCUT2D eigenvalue weighted by Crippen LogP contribution is 2.43. The molecule has 10 heteroatoms. The number of rotatable bonds is 11. The number of carbonyl (C=O) groups excluding carboxylic acids is 1. The molecule has 0 saturated carbocycles. The van der Waals surface area contributed by atoms with Crippen molar-refractivity contribution >= 4 is 19.6 Å². The lowest BCUT2D eigenvalue weighted by Gasteiger charge is -2.35. The molecule has 0 fully saturated rings. The molecule has 0 spiro atoms. The number of aliphatic hydroxyl groups is 1. The number of carboxylic acid groups (broad SMARTS) is 1. The van der Waals surface area contributed by atoms with E-state index in [4.69, 9.17) is 14.4 Å². The molecule has 1 aromatic rings. The number of nitrogens with one attached hydrogen (secondary N) is 2. The van der Waals surface area contributed by atoms with Gasteiger partial charge in [0, 0.05) is 0 Å². The summed E-state index contributed by atoms with van der Waals surface area (Å²) in [5.41, 5.74) is -0.977. The second-order valence-corrected chi connectivity index (χ2v) is 9.32. The molecule has 0 aliphatic rings. The van der Waals surface area contributed by atoms with Gasteiger partial charge in [-0.05, 0) is 51.3 Å². The molecule has 0 aliphatic heterocycles. The molecule has 4 N–H and O–H groups in total. The van der Waals surface area contributed by atoms with E-state index in [1.54, 1.807) is 39.8 Å². The number of hydrogen-bond donors (Lipinski definition) is 4. The van der Waals surface area contributed by atoms with Gasteiger partial charge in [0.2, 0.25) is 0 Å². The van der Waals surface area contributed by atoms with Crippen LogP contribution in [-0.4, -0.2) is 39.8 Å². The van der Waals surface area contributed by atoms with Crippen molar-refractivity contribution in [1.82, 2.24) is 10.2 Å². The van der Waals surface area contributed by atoms with Crippen LogP contribution in [0.5, 0.6) is 5.75 Å². The Labute approximate surface area is 171 Å². The molecule has 0 aromatic heterocycles. The molecular formula is C19H31N2O7P. The van der Waals surface area contributed by atoms with Crippen LogP contribution >= 0.6 is 7.67 Å². The Morgan fingerprint density at radius 1 is 1.14 bits per heavy atom. The van der Waals surface area contributed by atoms with Gasteiger partial charge >= 0.3 is 19.6 Å². The number of hydrogen-bond acceptors (Lipinski definition) is 6. The molecule has 3 atom stereocenters. The van der Waals surface area contributed by atoms with Crippen molar-refractivity contribution in [2.24, 2.45) is 5.92 Å². The molecule has 0 heterocycles. The summed E-state index contributed by atoms with van der Waals surface area (Å²) >= 11 is 0. The monoisotopic (exact) mass is 430 g/mol. The number of ether oxygens (including phenoxy) is 1. The van der Waals surface area contributed by atoms with Crippen LogP contribution in [-0.2, 0) is 25.5 Å². The minimum atomic E-state index is -4.09. The first-order valence-electron chi connectivity index (χ1n) is 9.33. The highest BCUT2D eigenvalue weighted by molar-refractivity contribution is 7.55. The summed E-state index contributed by atoms with van der Waals surface area (Å²) in [5, 5.41) is 24.0. The van der Waals surface area contributed by atoms with Crippen LogP contribution in [0.25, 0.3) is 0 Å². The van der Waals surface area contributed by atoms with Crippen molar-refractivity contribution in [3.63, 3.8) is 0 Å². The largest absolute Gasteiger partial charge is 0.480 e. The maximum atomic E-state index is 13.6. The molecule has 29 heavy (non-hydrogen) atoms. The predicted octanol–water partition coefficient (Wildman–Crippen LogP) is 2.68. The van der Waals surface area contributed by atoms with Crippen molar-refractivity contribution < 1.29 is 33.6 Å². The van der Waals surface area contributed by atoms with Crippen molar-refractivity contribution in [3.8, 4) is 5.75 Å². The average molecular weight is 430 g/mol.